The molecule has 0 bridgehead atoms. The molecule has 0 amide bonds. The Labute approximate surface area is 116 Å². The molecule has 0 aliphatic rings. The van der Waals surface area contributed by atoms with Gasteiger partial charge in [0.15, 0.2) is 9.84 Å². The number of sulfone groups is 1. The van der Waals surface area contributed by atoms with E-state index in [2.05, 4.69) is 5.32 Å². The Morgan fingerprint density at radius 3 is 2.32 bits per heavy atom. The van der Waals surface area contributed by atoms with E-state index in [-0.39, 0.29) is 17.5 Å². The van der Waals surface area contributed by atoms with Gasteiger partial charge < -0.3 is 10.4 Å². The van der Waals surface area contributed by atoms with Crippen molar-refractivity contribution in [2.24, 2.45) is 0 Å². The lowest BCUT2D eigenvalue weighted by atomic mass is 10.2. The van der Waals surface area contributed by atoms with Gasteiger partial charge in [-0.2, -0.15) is 0 Å². The van der Waals surface area contributed by atoms with Gasteiger partial charge in [-0.3, -0.25) is 4.21 Å². The molecular formula is C12H19NO4S2. The fraction of sp³-hybridized carbons (Fsp3) is 0.500. The van der Waals surface area contributed by atoms with Crippen LogP contribution >= 0.6 is 0 Å². The molecule has 1 rings (SSSR count). The summed E-state index contributed by atoms with van der Waals surface area (Å²) in [6.45, 7) is 0.0374. The molecule has 0 saturated carbocycles. The summed E-state index contributed by atoms with van der Waals surface area (Å²) in [6.07, 6.45) is 1.67. The lowest BCUT2D eigenvalue weighted by molar-refractivity contribution is 0.272. The fourth-order valence-electron chi connectivity index (χ4n) is 1.58. The number of nitrogens with one attached hydrogen (secondary N) is 1. The molecular weight excluding hydrogens is 286 g/mol. The van der Waals surface area contributed by atoms with E-state index >= 15 is 0 Å². The van der Waals surface area contributed by atoms with Crippen LogP contribution in [0, 0.1) is 0 Å². The monoisotopic (exact) mass is 305 g/mol. The van der Waals surface area contributed by atoms with Crippen LogP contribution in [0.15, 0.2) is 34.1 Å². The van der Waals surface area contributed by atoms with Gasteiger partial charge in [-0.05, 0) is 37.7 Å². The molecule has 0 aliphatic heterocycles. The van der Waals surface area contributed by atoms with Crippen molar-refractivity contribution in [3.63, 3.8) is 0 Å². The summed E-state index contributed by atoms with van der Waals surface area (Å²) >= 11 is 0. The average molecular weight is 305 g/mol. The van der Waals surface area contributed by atoms with E-state index < -0.39 is 20.6 Å². The van der Waals surface area contributed by atoms with Crippen LogP contribution in [0.4, 0.5) is 0 Å². The third-order valence-electron chi connectivity index (χ3n) is 2.75. The van der Waals surface area contributed by atoms with Crippen LogP contribution in [0.1, 0.15) is 6.42 Å². The van der Waals surface area contributed by atoms with Gasteiger partial charge in [-0.1, -0.05) is 0 Å². The minimum Gasteiger partial charge on any atom is -0.396 e. The van der Waals surface area contributed by atoms with E-state index in [9.17, 15) is 12.6 Å². The Morgan fingerprint density at radius 2 is 1.89 bits per heavy atom. The van der Waals surface area contributed by atoms with Crippen molar-refractivity contribution < 1.29 is 17.7 Å². The Balaban J connectivity index is 2.78. The first-order valence-electron chi connectivity index (χ1n) is 5.85. The van der Waals surface area contributed by atoms with Crippen molar-refractivity contribution in [1.82, 2.24) is 5.32 Å². The minimum absolute atomic E-state index is 0.0274. The Kier molecular flexibility index (Phi) is 6.12. The molecule has 0 spiro atoms. The highest BCUT2D eigenvalue weighted by Gasteiger charge is 2.13. The zero-order valence-corrected chi connectivity index (χ0v) is 12.6. The normalized spacial score (nSPS) is 15.1. The first-order chi connectivity index (χ1) is 8.88. The van der Waals surface area contributed by atoms with Gasteiger partial charge in [-0.15, -0.1) is 0 Å². The quantitative estimate of drug-likeness (QED) is 0.750. The van der Waals surface area contributed by atoms with Crippen LogP contribution < -0.4 is 5.32 Å². The van der Waals surface area contributed by atoms with Gasteiger partial charge in [0.2, 0.25) is 0 Å². The molecule has 108 valence electrons. The lowest BCUT2D eigenvalue weighted by Gasteiger charge is -2.14. The van der Waals surface area contributed by atoms with Crippen molar-refractivity contribution >= 4 is 20.6 Å². The molecule has 0 aromatic heterocycles. The first kappa shape index (κ1) is 16.3. The SMILES string of the molecule is CNC(CCO)CS(=O)c1ccc(S(C)(=O)=O)cc1. The number of aliphatic hydroxyl groups excluding tert-OH is 1. The summed E-state index contributed by atoms with van der Waals surface area (Å²) in [5.41, 5.74) is 0. The van der Waals surface area contributed by atoms with Gasteiger partial charge in [0.05, 0.1) is 15.7 Å². The van der Waals surface area contributed by atoms with Crippen molar-refractivity contribution in [3.8, 4) is 0 Å². The molecule has 2 atom stereocenters. The summed E-state index contributed by atoms with van der Waals surface area (Å²) in [5.74, 6) is 0.384. The van der Waals surface area contributed by atoms with Crippen molar-refractivity contribution in [1.29, 1.82) is 0 Å². The summed E-state index contributed by atoms with van der Waals surface area (Å²) in [6, 6.07) is 6.03. The summed E-state index contributed by atoms with van der Waals surface area (Å²) in [4.78, 5) is 0.805. The Bertz CT molecular complexity index is 525. The second kappa shape index (κ2) is 7.14. The van der Waals surface area contributed by atoms with Gasteiger partial charge in [0.1, 0.15) is 0 Å². The number of aliphatic hydroxyl groups is 1. The molecule has 7 heteroatoms. The highest BCUT2D eigenvalue weighted by molar-refractivity contribution is 7.90. The molecule has 1 aromatic rings. The van der Waals surface area contributed by atoms with Crippen molar-refractivity contribution in [3.05, 3.63) is 24.3 Å². The second-order valence-corrected chi connectivity index (χ2v) is 7.77. The Morgan fingerprint density at radius 1 is 1.32 bits per heavy atom. The number of hydrogen-bond acceptors (Lipinski definition) is 5. The molecule has 1 aromatic carbocycles. The molecule has 0 fully saturated rings. The van der Waals surface area contributed by atoms with Crippen LogP contribution in [-0.4, -0.2) is 49.4 Å². The topological polar surface area (TPSA) is 83.5 Å². The second-order valence-electron chi connectivity index (χ2n) is 4.25. The van der Waals surface area contributed by atoms with Crippen LogP contribution in [0.2, 0.25) is 0 Å². The first-order valence-corrected chi connectivity index (χ1v) is 9.06. The maximum atomic E-state index is 12.1. The maximum absolute atomic E-state index is 12.1. The van der Waals surface area contributed by atoms with E-state index in [1.54, 1.807) is 19.2 Å². The number of rotatable bonds is 7. The summed E-state index contributed by atoms with van der Waals surface area (Å²) in [5, 5.41) is 11.9. The molecule has 5 nitrogen and oxygen atoms in total. The highest BCUT2D eigenvalue weighted by atomic mass is 32.2. The fourth-order valence-corrected chi connectivity index (χ4v) is 3.55. The predicted molar refractivity (Wildman–Crippen MR) is 75.4 cm³/mol. The van der Waals surface area contributed by atoms with E-state index in [4.69, 9.17) is 5.11 Å². The van der Waals surface area contributed by atoms with Crippen molar-refractivity contribution in [2.75, 3.05) is 25.7 Å². The standard InChI is InChI=1S/C12H19NO4S2/c1-13-10(7-8-14)9-18(15)11-3-5-12(6-4-11)19(2,16)17/h3-6,10,13-14H,7-9H2,1-2H3. The predicted octanol–water partition coefficient (Wildman–Crippen LogP) is 0.168. The van der Waals surface area contributed by atoms with Crippen molar-refractivity contribution in [2.45, 2.75) is 22.3 Å². The van der Waals surface area contributed by atoms with Gasteiger partial charge >= 0.3 is 0 Å². The van der Waals surface area contributed by atoms with E-state index in [1.165, 1.54) is 12.1 Å². The number of benzene rings is 1. The zero-order valence-electron chi connectivity index (χ0n) is 11.0. The van der Waals surface area contributed by atoms with Crippen LogP contribution in [0.5, 0.6) is 0 Å². The lowest BCUT2D eigenvalue weighted by Crippen LogP contribution is -2.32. The maximum Gasteiger partial charge on any atom is 0.175 e. The molecule has 0 saturated heterocycles. The minimum atomic E-state index is -3.23. The Hall–Kier alpha value is -0.760. The third-order valence-corrected chi connectivity index (χ3v) is 5.38. The van der Waals surface area contributed by atoms with E-state index in [0.29, 0.717) is 17.1 Å². The summed E-state index contributed by atoms with van der Waals surface area (Å²) in [7, 11) is -2.69. The molecule has 0 heterocycles. The van der Waals surface area contributed by atoms with Crippen LogP contribution in [-0.2, 0) is 20.6 Å². The smallest absolute Gasteiger partial charge is 0.175 e. The molecule has 0 radical (unpaired) electrons. The molecule has 2 N–H and O–H groups in total. The van der Waals surface area contributed by atoms with Gasteiger partial charge in [0.25, 0.3) is 0 Å². The van der Waals surface area contributed by atoms with E-state index in [0.717, 1.165) is 6.26 Å². The molecule has 2 unspecified atom stereocenters. The van der Waals surface area contributed by atoms with Gasteiger partial charge in [-0.25, -0.2) is 8.42 Å². The van der Waals surface area contributed by atoms with Crippen LogP contribution in [0.3, 0.4) is 0 Å². The van der Waals surface area contributed by atoms with Crippen LogP contribution in [0.25, 0.3) is 0 Å². The molecule has 19 heavy (non-hydrogen) atoms. The number of hydrogen-bond donors (Lipinski definition) is 2. The highest BCUT2D eigenvalue weighted by Crippen LogP contribution is 2.14. The zero-order chi connectivity index (χ0) is 14.5. The largest absolute Gasteiger partial charge is 0.396 e. The third kappa shape index (κ3) is 5.02. The van der Waals surface area contributed by atoms with Gasteiger partial charge in [0, 0.05) is 29.6 Å². The molecule has 0 aliphatic carbocycles. The van der Waals surface area contributed by atoms with E-state index in [1.807, 2.05) is 0 Å². The average Bonchev–Trinajstić information content (AvgIpc) is 2.37. The summed E-state index contributed by atoms with van der Waals surface area (Å²) < 4.78 is 34.7.